The van der Waals surface area contributed by atoms with Crippen molar-refractivity contribution >= 4 is 50.7 Å². The second-order valence-electron chi connectivity index (χ2n) is 7.99. The highest BCUT2D eigenvalue weighted by Gasteiger charge is 2.18. The van der Waals surface area contributed by atoms with Crippen molar-refractivity contribution in [2.24, 2.45) is 0 Å². The summed E-state index contributed by atoms with van der Waals surface area (Å²) in [7, 11) is 0. The summed E-state index contributed by atoms with van der Waals surface area (Å²) < 4.78 is 6.06. The lowest BCUT2D eigenvalue weighted by molar-refractivity contribution is 0.225. The maximum absolute atomic E-state index is 6.13. The Morgan fingerprint density at radius 2 is 1.44 bits per heavy atom. The van der Waals surface area contributed by atoms with Gasteiger partial charge in [-0.25, -0.2) is 0 Å². The molecule has 1 aliphatic heterocycles. The number of ether oxygens (including phenoxy) is 1. The number of hydrogen-bond donors (Lipinski definition) is 0. The van der Waals surface area contributed by atoms with Crippen LogP contribution < -0.4 is 9.64 Å². The normalized spacial score (nSPS) is 14.9. The SMILES string of the molecule is Clc1ccc2c(OCCCN3CCN(c4ccnc5cc(Cl)ccc45)CC3)ccnc2c1. The van der Waals surface area contributed by atoms with Crippen LogP contribution in [0.1, 0.15) is 6.42 Å². The smallest absolute Gasteiger partial charge is 0.130 e. The Morgan fingerprint density at radius 3 is 2.19 bits per heavy atom. The number of halogens is 2. The summed E-state index contributed by atoms with van der Waals surface area (Å²) in [5.41, 5.74) is 3.04. The molecule has 1 fully saturated rings. The molecule has 0 unspecified atom stereocenters. The molecule has 2 aromatic carbocycles. The van der Waals surface area contributed by atoms with Crippen molar-refractivity contribution in [1.82, 2.24) is 14.9 Å². The van der Waals surface area contributed by atoms with E-state index < -0.39 is 0 Å². The van der Waals surface area contributed by atoms with E-state index in [0.717, 1.165) is 71.7 Å². The van der Waals surface area contributed by atoms with Crippen molar-refractivity contribution < 1.29 is 4.74 Å². The van der Waals surface area contributed by atoms with Gasteiger partial charge in [-0.05, 0) is 55.0 Å². The molecule has 164 valence electrons. The lowest BCUT2D eigenvalue weighted by atomic mass is 10.1. The number of piperazine rings is 1. The van der Waals surface area contributed by atoms with E-state index in [1.165, 1.54) is 5.69 Å². The van der Waals surface area contributed by atoms with E-state index in [4.69, 9.17) is 27.9 Å². The zero-order valence-corrected chi connectivity index (χ0v) is 19.2. The molecule has 5 nitrogen and oxygen atoms in total. The minimum Gasteiger partial charge on any atom is -0.493 e. The van der Waals surface area contributed by atoms with Gasteiger partial charge in [0, 0.05) is 71.6 Å². The maximum Gasteiger partial charge on any atom is 0.130 e. The molecular formula is C25H24Cl2N4O. The van der Waals surface area contributed by atoms with Crippen molar-refractivity contribution in [3.8, 4) is 5.75 Å². The van der Waals surface area contributed by atoms with Gasteiger partial charge in [0.05, 0.1) is 17.6 Å². The van der Waals surface area contributed by atoms with E-state index in [0.29, 0.717) is 11.6 Å². The fourth-order valence-corrected chi connectivity index (χ4v) is 4.62. The summed E-state index contributed by atoms with van der Waals surface area (Å²) >= 11 is 12.2. The molecular weight excluding hydrogens is 443 g/mol. The minimum absolute atomic E-state index is 0.678. The fourth-order valence-electron chi connectivity index (χ4n) is 4.29. The van der Waals surface area contributed by atoms with Gasteiger partial charge >= 0.3 is 0 Å². The Morgan fingerprint density at radius 1 is 0.781 bits per heavy atom. The number of anilines is 1. The topological polar surface area (TPSA) is 41.5 Å². The summed E-state index contributed by atoms with van der Waals surface area (Å²) in [6, 6.07) is 15.7. The number of pyridine rings is 2. The number of benzene rings is 2. The van der Waals surface area contributed by atoms with Crippen LogP contribution in [0.25, 0.3) is 21.8 Å². The summed E-state index contributed by atoms with van der Waals surface area (Å²) in [6.45, 7) is 5.77. The molecule has 1 saturated heterocycles. The second kappa shape index (κ2) is 9.49. The van der Waals surface area contributed by atoms with Crippen LogP contribution in [0, 0.1) is 0 Å². The first-order chi connectivity index (χ1) is 15.7. The van der Waals surface area contributed by atoms with E-state index in [9.17, 15) is 0 Å². The second-order valence-corrected chi connectivity index (χ2v) is 8.87. The van der Waals surface area contributed by atoms with E-state index in [1.807, 2.05) is 42.6 Å². The number of fused-ring (bicyclic) bond motifs is 2. The molecule has 0 radical (unpaired) electrons. The van der Waals surface area contributed by atoms with Gasteiger partial charge in [-0.2, -0.15) is 0 Å². The predicted octanol–water partition coefficient (Wildman–Crippen LogP) is 5.68. The van der Waals surface area contributed by atoms with Gasteiger partial charge < -0.3 is 9.64 Å². The Kier molecular flexibility index (Phi) is 6.30. The maximum atomic E-state index is 6.13. The number of rotatable bonds is 6. The minimum atomic E-state index is 0.678. The number of nitrogens with zero attached hydrogens (tertiary/aromatic N) is 4. The van der Waals surface area contributed by atoms with Gasteiger partial charge in [-0.15, -0.1) is 0 Å². The largest absolute Gasteiger partial charge is 0.493 e. The number of hydrogen-bond acceptors (Lipinski definition) is 5. The molecule has 7 heteroatoms. The third-order valence-corrected chi connectivity index (χ3v) is 6.41. The van der Waals surface area contributed by atoms with Crippen molar-refractivity contribution in [3.63, 3.8) is 0 Å². The number of aromatic nitrogens is 2. The van der Waals surface area contributed by atoms with Crippen molar-refractivity contribution in [1.29, 1.82) is 0 Å². The Hall–Kier alpha value is -2.60. The monoisotopic (exact) mass is 466 g/mol. The highest BCUT2D eigenvalue weighted by Crippen LogP contribution is 2.29. The Bertz CT molecular complexity index is 1240. The van der Waals surface area contributed by atoms with Crippen LogP contribution in [0.3, 0.4) is 0 Å². The quantitative estimate of drug-likeness (QED) is 0.341. The van der Waals surface area contributed by atoms with Gasteiger partial charge in [-0.1, -0.05) is 23.2 Å². The molecule has 0 amide bonds. The predicted molar refractivity (Wildman–Crippen MR) is 132 cm³/mol. The van der Waals surface area contributed by atoms with Crippen molar-refractivity contribution in [3.05, 3.63) is 71.0 Å². The highest BCUT2D eigenvalue weighted by molar-refractivity contribution is 6.31. The molecule has 2 aromatic heterocycles. The average molecular weight is 467 g/mol. The van der Waals surface area contributed by atoms with Gasteiger partial charge in [-0.3, -0.25) is 14.9 Å². The highest BCUT2D eigenvalue weighted by atomic mass is 35.5. The molecule has 4 aromatic rings. The van der Waals surface area contributed by atoms with Crippen LogP contribution in [-0.2, 0) is 0 Å². The van der Waals surface area contributed by atoms with Crippen molar-refractivity contribution in [2.45, 2.75) is 6.42 Å². The fraction of sp³-hybridized carbons (Fsp3) is 0.280. The van der Waals surface area contributed by atoms with Crippen molar-refractivity contribution in [2.75, 3.05) is 44.2 Å². The third kappa shape index (κ3) is 4.60. The molecule has 0 N–H and O–H groups in total. The first-order valence-electron chi connectivity index (χ1n) is 10.9. The standard InChI is InChI=1S/C25H24Cl2N4O/c26-18-2-4-20-22(16-18)28-8-6-24(20)31-13-11-30(12-14-31)10-1-15-32-25-7-9-29-23-17-19(27)3-5-21(23)25/h2-9,16-17H,1,10-15H2. The molecule has 0 atom stereocenters. The van der Waals surface area contributed by atoms with Gasteiger partial charge in [0.1, 0.15) is 5.75 Å². The zero-order chi connectivity index (χ0) is 21.9. The van der Waals surface area contributed by atoms with Crippen LogP contribution in [0.4, 0.5) is 5.69 Å². The Labute approximate surface area is 197 Å². The molecule has 0 saturated carbocycles. The first-order valence-corrected chi connectivity index (χ1v) is 11.6. The summed E-state index contributed by atoms with van der Waals surface area (Å²) in [6.07, 6.45) is 4.62. The van der Waals surface area contributed by atoms with Gasteiger partial charge in [0.25, 0.3) is 0 Å². The zero-order valence-electron chi connectivity index (χ0n) is 17.7. The van der Waals surface area contributed by atoms with Crippen LogP contribution in [0.2, 0.25) is 10.0 Å². The third-order valence-electron chi connectivity index (χ3n) is 5.94. The van der Waals surface area contributed by atoms with Crippen LogP contribution in [0.5, 0.6) is 5.75 Å². The van der Waals surface area contributed by atoms with E-state index >= 15 is 0 Å². The van der Waals surface area contributed by atoms with E-state index in [1.54, 1.807) is 6.20 Å². The van der Waals surface area contributed by atoms with Gasteiger partial charge in [0.2, 0.25) is 0 Å². The molecule has 0 spiro atoms. The summed E-state index contributed by atoms with van der Waals surface area (Å²) in [4.78, 5) is 13.8. The molecule has 3 heterocycles. The van der Waals surface area contributed by atoms with Crippen LogP contribution in [-0.4, -0.2) is 54.2 Å². The van der Waals surface area contributed by atoms with Crippen LogP contribution in [0.15, 0.2) is 60.9 Å². The van der Waals surface area contributed by atoms with Gasteiger partial charge in [0.15, 0.2) is 0 Å². The van der Waals surface area contributed by atoms with Crippen LogP contribution >= 0.6 is 23.2 Å². The average Bonchev–Trinajstić information content (AvgIpc) is 2.81. The molecule has 1 aliphatic rings. The van der Waals surface area contributed by atoms with E-state index in [2.05, 4.69) is 31.9 Å². The molecule has 32 heavy (non-hydrogen) atoms. The molecule has 0 aliphatic carbocycles. The molecule has 0 bridgehead atoms. The summed E-state index contributed by atoms with van der Waals surface area (Å²) in [5.74, 6) is 0.862. The molecule has 5 rings (SSSR count). The van der Waals surface area contributed by atoms with E-state index in [-0.39, 0.29) is 0 Å². The lowest BCUT2D eigenvalue weighted by Crippen LogP contribution is -2.46. The Balaban J connectivity index is 1.13. The summed E-state index contributed by atoms with van der Waals surface area (Å²) in [5, 5.41) is 3.56. The first kappa shape index (κ1) is 21.3. The lowest BCUT2D eigenvalue weighted by Gasteiger charge is -2.36.